The van der Waals surface area contributed by atoms with Crippen LogP contribution in [-0.2, 0) is 0 Å². The smallest absolute Gasteiger partial charge is 0.265 e. The standard InChI is InChI=1S/C11H8ClNO2S/c12-10-6-5-9(16-10)11(15)13-7-1-3-8(14)4-2-7/h1-6,14H,(H,13,15). The van der Waals surface area contributed by atoms with Gasteiger partial charge in [0.1, 0.15) is 5.75 Å². The summed E-state index contributed by atoms with van der Waals surface area (Å²) in [5.41, 5.74) is 0.632. The predicted octanol–water partition coefficient (Wildman–Crippen LogP) is 3.36. The van der Waals surface area contributed by atoms with Crippen molar-refractivity contribution in [3.8, 4) is 5.75 Å². The van der Waals surface area contributed by atoms with Crippen LogP contribution in [0.5, 0.6) is 5.75 Å². The predicted molar refractivity (Wildman–Crippen MR) is 65.4 cm³/mol. The molecule has 2 aromatic rings. The van der Waals surface area contributed by atoms with E-state index in [2.05, 4.69) is 5.32 Å². The lowest BCUT2D eigenvalue weighted by atomic mass is 10.3. The maximum Gasteiger partial charge on any atom is 0.265 e. The number of aromatic hydroxyl groups is 1. The Morgan fingerprint density at radius 3 is 2.44 bits per heavy atom. The molecular weight excluding hydrogens is 246 g/mol. The molecule has 82 valence electrons. The summed E-state index contributed by atoms with van der Waals surface area (Å²) in [5, 5.41) is 11.8. The largest absolute Gasteiger partial charge is 0.508 e. The maximum atomic E-state index is 11.7. The van der Waals surface area contributed by atoms with Crippen LogP contribution in [-0.4, -0.2) is 11.0 Å². The van der Waals surface area contributed by atoms with E-state index >= 15 is 0 Å². The zero-order valence-corrected chi connectivity index (χ0v) is 9.68. The number of anilines is 1. The van der Waals surface area contributed by atoms with Gasteiger partial charge in [-0.25, -0.2) is 0 Å². The fraction of sp³-hybridized carbons (Fsp3) is 0. The van der Waals surface area contributed by atoms with E-state index in [1.807, 2.05) is 0 Å². The van der Waals surface area contributed by atoms with Crippen LogP contribution in [0.4, 0.5) is 5.69 Å². The Bertz CT molecular complexity index is 507. The van der Waals surface area contributed by atoms with Crippen molar-refractivity contribution in [2.45, 2.75) is 0 Å². The average Bonchev–Trinajstić information content (AvgIpc) is 2.68. The summed E-state index contributed by atoms with van der Waals surface area (Å²) in [7, 11) is 0. The third-order valence-corrected chi connectivity index (χ3v) is 3.15. The van der Waals surface area contributed by atoms with E-state index < -0.39 is 0 Å². The maximum absolute atomic E-state index is 11.7. The van der Waals surface area contributed by atoms with Crippen molar-refractivity contribution in [2.75, 3.05) is 5.32 Å². The minimum absolute atomic E-state index is 0.164. The van der Waals surface area contributed by atoms with Crippen LogP contribution in [0, 0.1) is 0 Å². The minimum Gasteiger partial charge on any atom is -0.508 e. The summed E-state index contributed by atoms with van der Waals surface area (Å²) in [6, 6.07) is 9.62. The zero-order valence-electron chi connectivity index (χ0n) is 8.11. The highest BCUT2D eigenvalue weighted by Gasteiger charge is 2.08. The molecule has 2 rings (SSSR count). The van der Waals surface area contributed by atoms with Gasteiger partial charge in [-0.2, -0.15) is 0 Å². The lowest BCUT2D eigenvalue weighted by molar-refractivity contribution is 0.103. The molecule has 0 unspecified atom stereocenters. The first kappa shape index (κ1) is 11.0. The van der Waals surface area contributed by atoms with Gasteiger partial charge >= 0.3 is 0 Å². The van der Waals surface area contributed by atoms with Gasteiger partial charge in [0, 0.05) is 5.69 Å². The van der Waals surface area contributed by atoms with Crippen molar-refractivity contribution in [2.24, 2.45) is 0 Å². The fourth-order valence-corrected chi connectivity index (χ4v) is 2.11. The number of thiophene rings is 1. The van der Waals surface area contributed by atoms with Gasteiger partial charge in [-0.3, -0.25) is 4.79 Å². The number of halogens is 1. The Morgan fingerprint density at radius 1 is 1.19 bits per heavy atom. The van der Waals surface area contributed by atoms with Gasteiger partial charge < -0.3 is 10.4 Å². The van der Waals surface area contributed by atoms with Crippen LogP contribution < -0.4 is 5.32 Å². The minimum atomic E-state index is -0.206. The number of rotatable bonds is 2. The van der Waals surface area contributed by atoms with Gasteiger partial charge in [0.05, 0.1) is 9.21 Å². The monoisotopic (exact) mass is 253 g/mol. The van der Waals surface area contributed by atoms with Gasteiger partial charge in [0.2, 0.25) is 0 Å². The Balaban J connectivity index is 2.10. The molecule has 16 heavy (non-hydrogen) atoms. The summed E-state index contributed by atoms with van der Waals surface area (Å²) in [6.07, 6.45) is 0. The molecule has 0 aliphatic rings. The highest BCUT2D eigenvalue weighted by Crippen LogP contribution is 2.22. The molecule has 0 spiro atoms. The van der Waals surface area contributed by atoms with E-state index in [4.69, 9.17) is 16.7 Å². The molecule has 0 aliphatic heterocycles. The normalized spacial score (nSPS) is 10.1. The Morgan fingerprint density at radius 2 is 1.88 bits per heavy atom. The van der Waals surface area contributed by atoms with E-state index in [9.17, 15) is 4.79 Å². The number of benzene rings is 1. The summed E-state index contributed by atoms with van der Waals surface area (Å²) in [4.78, 5) is 12.2. The fourth-order valence-electron chi connectivity index (χ4n) is 1.17. The molecule has 1 aromatic heterocycles. The molecule has 0 aliphatic carbocycles. The summed E-state index contributed by atoms with van der Waals surface area (Å²) < 4.78 is 0.579. The molecule has 0 fully saturated rings. The van der Waals surface area contributed by atoms with E-state index in [0.29, 0.717) is 14.9 Å². The van der Waals surface area contributed by atoms with Gasteiger partial charge in [0.15, 0.2) is 0 Å². The van der Waals surface area contributed by atoms with Crippen molar-refractivity contribution < 1.29 is 9.90 Å². The zero-order chi connectivity index (χ0) is 11.5. The molecule has 2 N–H and O–H groups in total. The summed E-state index contributed by atoms with van der Waals surface area (Å²) >= 11 is 6.96. The summed E-state index contributed by atoms with van der Waals surface area (Å²) in [5.74, 6) is -0.0419. The lowest BCUT2D eigenvalue weighted by Gasteiger charge is -2.02. The topological polar surface area (TPSA) is 49.3 Å². The number of carbonyl (C=O) groups is 1. The van der Waals surface area contributed by atoms with Crippen molar-refractivity contribution in [3.05, 3.63) is 45.6 Å². The third-order valence-electron chi connectivity index (χ3n) is 1.92. The van der Waals surface area contributed by atoms with Crippen LogP contribution in [0.2, 0.25) is 4.34 Å². The van der Waals surface area contributed by atoms with Gasteiger partial charge in [-0.1, -0.05) is 11.6 Å². The Kier molecular flexibility index (Phi) is 3.12. The molecular formula is C11H8ClNO2S. The second-order valence-corrected chi connectivity index (χ2v) is 4.82. The van der Waals surface area contributed by atoms with Crippen molar-refractivity contribution >= 4 is 34.5 Å². The van der Waals surface area contributed by atoms with Crippen molar-refractivity contribution in [3.63, 3.8) is 0 Å². The van der Waals surface area contributed by atoms with Gasteiger partial charge in [0.25, 0.3) is 5.91 Å². The van der Waals surface area contributed by atoms with Crippen LogP contribution in [0.15, 0.2) is 36.4 Å². The molecule has 0 radical (unpaired) electrons. The van der Waals surface area contributed by atoms with Crippen molar-refractivity contribution in [1.82, 2.24) is 0 Å². The highest BCUT2D eigenvalue weighted by molar-refractivity contribution is 7.18. The molecule has 0 atom stereocenters. The number of amides is 1. The molecule has 3 nitrogen and oxygen atoms in total. The molecule has 0 saturated carbocycles. The van der Waals surface area contributed by atoms with E-state index in [1.54, 1.807) is 24.3 Å². The molecule has 5 heteroatoms. The first-order valence-corrected chi connectivity index (χ1v) is 5.70. The van der Waals surface area contributed by atoms with E-state index in [-0.39, 0.29) is 11.7 Å². The van der Waals surface area contributed by atoms with E-state index in [0.717, 1.165) is 0 Å². The molecule has 1 aromatic carbocycles. The third kappa shape index (κ3) is 2.53. The quantitative estimate of drug-likeness (QED) is 0.807. The molecule has 0 bridgehead atoms. The van der Waals surface area contributed by atoms with Crippen LogP contribution >= 0.6 is 22.9 Å². The Labute approximate surface area is 101 Å². The highest BCUT2D eigenvalue weighted by atomic mass is 35.5. The first-order chi connectivity index (χ1) is 7.65. The number of hydrogen-bond donors (Lipinski definition) is 2. The van der Waals surface area contributed by atoms with Crippen LogP contribution in [0.1, 0.15) is 9.67 Å². The second-order valence-electron chi connectivity index (χ2n) is 3.10. The van der Waals surface area contributed by atoms with Gasteiger partial charge in [-0.05, 0) is 36.4 Å². The number of hydrogen-bond acceptors (Lipinski definition) is 3. The average molecular weight is 254 g/mol. The second kappa shape index (κ2) is 4.55. The first-order valence-electron chi connectivity index (χ1n) is 4.51. The number of phenols is 1. The molecule has 1 amide bonds. The SMILES string of the molecule is O=C(Nc1ccc(O)cc1)c1ccc(Cl)s1. The van der Waals surface area contributed by atoms with E-state index in [1.165, 1.54) is 23.5 Å². The van der Waals surface area contributed by atoms with Crippen molar-refractivity contribution in [1.29, 1.82) is 0 Å². The van der Waals surface area contributed by atoms with Crippen LogP contribution in [0.25, 0.3) is 0 Å². The molecule has 1 heterocycles. The number of phenolic OH excluding ortho intramolecular Hbond substituents is 1. The number of nitrogens with one attached hydrogen (secondary N) is 1. The Hall–Kier alpha value is -1.52. The summed E-state index contributed by atoms with van der Waals surface area (Å²) in [6.45, 7) is 0. The lowest BCUT2D eigenvalue weighted by Crippen LogP contribution is -2.09. The number of carbonyl (C=O) groups excluding carboxylic acids is 1. The molecule has 0 saturated heterocycles. The van der Waals surface area contributed by atoms with Crippen LogP contribution in [0.3, 0.4) is 0 Å². The van der Waals surface area contributed by atoms with Gasteiger partial charge in [-0.15, -0.1) is 11.3 Å².